The number of pyridine rings is 1. The Hall–Kier alpha value is -1.17. The van der Waals surface area contributed by atoms with Gasteiger partial charge in [-0.05, 0) is 26.0 Å². The third kappa shape index (κ3) is 3.41. The predicted octanol–water partition coefficient (Wildman–Crippen LogP) is 1.62. The van der Waals surface area contributed by atoms with Crippen molar-refractivity contribution in [2.24, 2.45) is 0 Å². The third-order valence-corrected chi connectivity index (χ3v) is 2.72. The van der Waals surface area contributed by atoms with Gasteiger partial charge in [0.05, 0.1) is 6.61 Å². The topological polar surface area (TPSA) is 60.5 Å². The lowest BCUT2D eigenvalue weighted by molar-refractivity contribution is -0.137. The normalized spacial score (nSPS) is 21.8. The molecule has 2 heterocycles. The first-order valence-corrected chi connectivity index (χ1v) is 6.06. The van der Waals surface area contributed by atoms with Crippen LogP contribution in [0.2, 0.25) is 5.15 Å². The summed E-state index contributed by atoms with van der Waals surface area (Å²) in [6.07, 6.45) is -0.136. The number of carbonyl (C=O) groups excluding carboxylic acids is 1. The molecule has 0 bridgehead atoms. The summed E-state index contributed by atoms with van der Waals surface area (Å²) >= 11 is 5.72. The van der Waals surface area contributed by atoms with E-state index in [4.69, 9.17) is 21.1 Å². The number of nitrogens with zero attached hydrogens (tertiary/aromatic N) is 1. The lowest BCUT2D eigenvalue weighted by Crippen LogP contribution is -2.34. The van der Waals surface area contributed by atoms with Crippen molar-refractivity contribution < 1.29 is 14.3 Å². The zero-order valence-corrected chi connectivity index (χ0v) is 11.0. The second kappa shape index (κ2) is 5.22. The summed E-state index contributed by atoms with van der Waals surface area (Å²) in [7, 11) is 0. The molecule has 0 spiro atoms. The minimum Gasteiger partial charge on any atom is -0.348 e. The Balaban J connectivity index is 1.86. The van der Waals surface area contributed by atoms with Gasteiger partial charge in [-0.3, -0.25) is 4.79 Å². The van der Waals surface area contributed by atoms with Crippen molar-refractivity contribution in [2.75, 3.05) is 13.2 Å². The molecule has 0 saturated carbocycles. The van der Waals surface area contributed by atoms with Crippen LogP contribution in [-0.4, -0.2) is 35.9 Å². The summed E-state index contributed by atoms with van der Waals surface area (Å²) in [6, 6.07) is 4.91. The molecule has 1 aromatic rings. The molecular weight excluding hydrogens is 256 g/mol. The smallest absolute Gasteiger partial charge is 0.270 e. The van der Waals surface area contributed by atoms with Crippen molar-refractivity contribution in [3.05, 3.63) is 29.0 Å². The summed E-state index contributed by atoms with van der Waals surface area (Å²) in [5.74, 6) is -0.852. The van der Waals surface area contributed by atoms with Crippen LogP contribution >= 0.6 is 11.6 Å². The minimum atomic E-state index is -0.580. The fourth-order valence-electron chi connectivity index (χ4n) is 1.70. The summed E-state index contributed by atoms with van der Waals surface area (Å²) in [5, 5.41) is 3.04. The van der Waals surface area contributed by atoms with Crippen LogP contribution in [0.3, 0.4) is 0 Å². The first-order valence-electron chi connectivity index (χ1n) is 5.69. The number of hydrogen-bond acceptors (Lipinski definition) is 4. The SMILES string of the molecule is CC1(C)OCC(CNC(=O)c2cccc(Cl)n2)O1. The zero-order valence-electron chi connectivity index (χ0n) is 10.3. The Morgan fingerprint density at radius 3 is 3.00 bits per heavy atom. The molecule has 1 atom stereocenters. The van der Waals surface area contributed by atoms with Crippen molar-refractivity contribution in [3.8, 4) is 0 Å². The molecule has 2 rings (SSSR count). The summed E-state index contributed by atoms with van der Waals surface area (Å²) in [4.78, 5) is 15.7. The first-order chi connectivity index (χ1) is 8.46. The second-order valence-electron chi connectivity index (χ2n) is 4.51. The highest BCUT2D eigenvalue weighted by Gasteiger charge is 2.32. The monoisotopic (exact) mass is 270 g/mol. The van der Waals surface area contributed by atoms with Gasteiger partial charge in [-0.25, -0.2) is 4.98 Å². The third-order valence-electron chi connectivity index (χ3n) is 2.51. The second-order valence-corrected chi connectivity index (χ2v) is 4.89. The highest BCUT2D eigenvalue weighted by Crippen LogP contribution is 2.21. The molecule has 1 aliphatic rings. The van der Waals surface area contributed by atoms with Crippen molar-refractivity contribution in [1.29, 1.82) is 0 Å². The van der Waals surface area contributed by atoms with E-state index in [2.05, 4.69) is 10.3 Å². The van der Waals surface area contributed by atoms with Crippen molar-refractivity contribution in [1.82, 2.24) is 10.3 Å². The lowest BCUT2D eigenvalue weighted by atomic mass is 10.3. The molecule has 5 nitrogen and oxygen atoms in total. The van der Waals surface area contributed by atoms with Crippen LogP contribution in [0.4, 0.5) is 0 Å². The van der Waals surface area contributed by atoms with Gasteiger partial charge in [0.25, 0.3) is 5.91 Å². The van der Waals surface area contributed by atoms with Gasteiger partial charge in [0.2, 0.25) is 0 Å². The fourth-order valence-corrected chi connectivity index (χ4v) is 1.86. The molecule has 1 N–H and O–H groups in total. The van der Waals surface area contributed by atoms with Gasteiger partial charge < -0.3 is 14.8 Å². The maximum absolute atomic E-state index is 11.8. The zero-order chi connectivity index (χ0) is 13.2. The fraction of sp³-hybridized carbons (Fsp3) is 0.500. The number of ether oxygens (including phenoxy) is 2. The molecule has 1 aromatic heterocycles. The predicted molar refractivity (Wildman–Crippen MR) is 66.5 cm³/mol. The van der Waals surface area contributed by atoms with E-state index in [0.717, 1.165) is 0 Å². The van der Waals surface area contributed by atoms with Crippen LogP contribution in [-0.2, 0) is 9.47 Å². The van der Waals surface area contributed by atoms with Gasteiger partial charge in [-0.1, -0.05) is 17.7 Å². The van der Waals surface area contributed by atoms with E-state index in [1.54, 1.807) is 18.2 Å². The Labute approximate surface area is 110 Å². The average Bonchev–Trinajstić information content (AvgIpc) is 2.66. The van der Waals surface area contributed by atoms with Gasteiger partial charge in [-0.2, -0.15) is 0 Å². The van der Waals surface area contributed by atoms with E-state index < -0.39 is 5.79 Å². The van der Waals surface area contributed by atoms with Crippen LogP contribution in [0.5, 0.6) is 0 Å². The van der Waals surface area contributed by atoms with E-state index >= 15 is 0 Å². The van der Waals surface area contributed by atoms with Crippen LogP contribution in [0.1, 0.15) is 24.3 Å². The molecule has 18 heavy (non-hydrogen) atoms. The molecule has 1 amide bonds. The molecule has 1 saturated heterocycles. The number of rotatable bonds is 3. The largest absolute Gasteiger partial charge is 0.348 e. The van der Waals surface area contributed by atoms with Crippen molar-refractivity contribution in [2.45, 2.75) is 25.7 Å². The number of nitrogens with one attached hydrogen (secondary N) is 1. The van der Waals surface area contributed by atoms with Crippen molar-refractivity contribution in [3.63, 3.8) is 0 Å². The van der Waals surface area contributed by atoms with Crippen molar-refractivity contribution >= 4 is 17.5 Å². The van der Waals surface area contributed by atoms with Crippen LogP contribution in [0, 0.1) is 0 Å². The standard InChI is InChI=1S/C12H15ClN2O3/c1-12(2)17-7-8(18-12)6-14-11(16)9-4-3-5-10(13)15-9/h3-5,8H,6-7H2,1-2H3,(H,14,16). The highest BCUT2D eigenvalue weighted by atomic mass is 35.5. The summed E-state index contributed by atoms with van der Waals surface area (Å²) in [6.45, 7) is 4.54. The molecule has 1 unspecified atom stereocenters. The molecule has 0 aromatic carbocycles. The van der Waals surface area contributed by atoms with E-state index in [1.807, 2.05) is 13.8 Å². The van der Waals surface area contributed by atoms with Gasteiger partial charge in [0, 0.05) is 6.54 Å². The Bertz CT molecular complexity index is 451. The van der Waals surface area contributed by atoms with Crippen LogP contribution in [0.15, 0.2) is 18.2 Å². The maximum Gasteiger partial charge on any atom is 0.270 e. The number of halogens is 1. The number of carbonyl (C=O) groups is 1. The minimum absolute atomic E-state index is 0.136. The highest BCUT2D eigenvalue weighted by molar-refractivity contribution is 6.29. The summed E-state index contributed by atoms with van der Waals surface area (Å²) in [5.41, 5.74) is 0.292. The average molecular weight is 271 g/mol. The van der Waals surface area contributed by atoms with Gasteiger partial charge in [0.15, 0.2) is 5.79 Å². The molecule has 6 heteroatoms. The first kappa shape index (κ1) is 13.3. The number of aromatic nitrogens is 1. The van der Waals surface area contributed by atoms with Crippen LogP contribution < -0.4 is 5.32 Å². The van der Waals surface area contributed by atoms with E-state index in [-0.39, 0.29) is 12.0 Å². The van der Waals surface area contributed by atoms with E-state index in [9.17, 15) is 4.79 Å². The number of amides is 1. The molecule has 0 radical (unpaired) electrons. The Morgan fingerprint density at radius 2 is 2.39 bits per heavy atom. The maximum atomic E-state index is 11.8. The van der Waals surface area contributed by atoms with E-state index in [0.29, 0.717) is 24.0 Å². The van der Waals surface area contributed by atoms with Gasteiger partial charge >= 0.3 is 0 Å². The van der Waals surface area contributed by atoms with Crippen LogP contribution in [0.25, 0.3) is 0 Å². The molecule has 98 valence electrons. The Kier molecular flexibility index (Phi) is 3.85. The van der Waals surface area contributed by atoms with Gasteiger partial charge in [-0.15, -0.1) is 0 Å². The molecular formula is C12H15ClN2O3. The molecule has 0 aliphatic carbocycles. The van der Waals surface area contributed by atoms with E-state index in [1.165, 1.54) is 0 Å². The lowest BCUT2D eigenvalue weighted by Gasteiger charge is -2.17. The molecule has 1 fully saturated rings. The summed E-state index contributed by atoms with van der Waals surface area (Å²) < 4.78 is 11.0. The quantitative estimate of drug-likeness (QED) is 0.848. The van der Waals surface area contributed by atoms with Gasteiger partial charge in [0.1, 0.15) is 17.0 Å². The molecule has 1 aliphatic heterocycles. The number of hydrogen-bond donors (Lipinski definition) is 1. The Morgan fingerprint density at radius 1 is 1.61 bits per heavy atom.